The molecule has 0 amide bonds. The first kappa shape index (κ1) is 15.5. The van der Waals surface area contributed by atoms with E-state index in [9.17, 15) is 13.2 Å². The number of carbonyl (C=O) groups is 1. The standard InChI is InChI=1S/C15H14ClNO3S/c1-10-3-4-12(9-14(10)16)15(18)11-5-7-13(8-6-11)17-21(2,19)20/h3-9,17H,1-2H3. The minimum absolute atomic E-state index is 0.164. The summed E-state index contributed by atoms with van der Waals surface area (Å²) in [5.74, 6) is -0.164. The number of carbonyl (C=O) groups excluding carboxylic acids is 1. The number of halogens is 1. The fourth-order valence-corrected chi connectivity index (χ4v) is 2.55. The molecule has 0 saturated heterocycles. The zero-order valence-corrected chi connectivity index (χ0v) is 13.1. The van der Waals surface area contributed by atoms with E-state index in [0.717, 1.165) is 11.8 Å². The smallest absolute Gasteiger partial charge is 0.229 e. The number of benzene rings is 2. The molecule has 0 heterocycles. The van der Waals surface area contributed by atoms with Crippen molar-refractivity contribution in [1.82, 2.24) is 0 Å². The minimum atomic E-state index is -3.33. The molecule has 0 bridgehead atoms. The molecule has 2 aromatic rings. The molecule has 1 N–H and O–H groups in total. The summed E-state index contributed by atoms with van der Waals surface area (Å²) in [6, 6.07) is 11.4. The van der Waals surface area contributed by atoms with Gasteiger partial charge in [-0.3, -0.25) is 9.52 Å². The highest BCUT2D eigenvalue weighted by molar-refractivity contribution is 7.92. The van der Waals surface area contributed by atoms with Gasteiger partial charge in [0.25, 0.3) is 0 Å². The maximum Gasteiger partial charge on any atom is 0.229 e. The summed E-state index contributed by atoms with van der Waals surface area (Å²) >= 11 is 6.01. The van der Waals surface area contributed by atoms with Crippen molar-refractivity contribution >= 4 is 33.1 Å². The van der Waals surface area contributed by atoms with E-state index < -0.39 is 10.0 Å². The molecule has 0 aromatic heterocycles. The van der Waals surface area contributed by atoms with E-state index >= 15 is 0 Å². The van der Waals surface area contributed by atoms with Crippen LogP contribution >= 0.6 is 11.6 Å². The second-order valence-corrected chi connectivity index (χ2v) is 6.90. The Morgan fingerprint density at radius 2 is 1.62 bits per heavy atom. The number of hydrogen-bond acceptors (Lipinski definition) is 3. The number of anilines is 1. The first-order valence-electron chi connectivity index (χ1n) is 6.15. The molecule has 0 aliphatic heterocycles. The second-order valence-electron chi connectivity index (χ2n) is 4.74. The Bertz CT molecular complexity index is 783. The van der Waals surface area contributed by atoms with Crippen LogP contribution in [0.5, 0.6) is 0 Å². The summed E-state index contributed by atoms with van der Waals surface area (Å²) in [6.45, 7) is 1.86. The third-order valence-corrected chi connectivity index (χ3v) is 3.90. The van der Waals surface area contributed by atoms with Crippen LogP contribution in [0.2, 0.25) is 5.02 Å². The largest absolute Gasteiger partial charge is 0.289 e. The topological polar surface area (TPSA) is 63.2 Å². The Labute approximate surface area is 128 Å². The van der Waals surface area contributed by atoms with Gasteiger partial charge in [0, 0.05) is 21.8 Å². The molecule has 2 rings (SSSR count). The molecule has 0 fully saturated rings. The Morgan fingerprint density at radius 1 is 1.05 bits per heavy atom. The van der Waals surface area contributed by atoms with Gasteiger partial charge in [-0.25, -0.2) is 8.42 Å². The van der Waals surface area contributed by atoms with Crippen LogP contribution in [-0.2, 0) is 10.0 Å². The van der Waals surface area contributed by atoms with Crippen LogP contribution in [0.3, 0.4) is 0 Å². The number of aryl methyl sites for hydroxylation is 1. The zero-order valence-electron chi connectivity index (χ0n) is 11.6. The molecule has 0 saturated carbocycles. The summed E-state index contributed by atoms with van der Waals surface area (Å²) in [4.78, 5) is 12.3. The van der Waals surface area contributed by atoms with E-state index in [1.165, 1.54) is 0 Å². The van der Waals surface area contributed by atoms with Gasteiger partial charge < -0.3 is 0 Å². The Balaban J connectivity index is 2.25. The van der Waals surface area contributed by atoms with Crippen LogP contribution < -0.4 is 4.72 Å². The molecule has 110 valence electrons. The molecule has 4 nitrogen and oxygen atoms in total. The first-order chi connectivity index (χ1) is 9.76. The highest BCUT2D eigenvalue weighted by Crippen LogP contribution is 2.20. The van der Waals surface area contributed by atoms with Crippen molar-refractivity contribution in [1.29, 1.82) is 0 Å². The average molecular weight is 324 g/mol. The number of ketones is 1. The van der Waals surface area contributed by atoms with E-state index in [-0.39, 0.29) is 5.78 Å². The van der Waals surface area contributed by atoms with Crippen LogP contribution in [0.25, 0.3) is 0 Å². The number of sulfonamides is 1. The van der Waals surface area contributed by atoms with Crippen LogP contribution in [-0.4, -0.2) is 20.5 Å². The molecular formula is C15H14ClNO3S. The van der Waals surface area contributed by atoms with E-state index in [1.807, 2.05) is 6.92 Å². The maximum absolute atomic E-state index is 12.3. The van der Waals surface area contributed by atoms with Crippen molar-refractivity contribution in [2.75, 3.05) is 11.0 Å². The third-order valence-electron chi connectivity index (χ3n) is 2.88. The lowest BCUT2D eigenvalue weighted by Crippen LogP contribution is -2.09. The highest BCUT2D eigenvalue weighted by Gasteiger charge is 2.11. The summed E-state index contributed by atoms with van der Waals surface area (Å²) in [5.41, 5.74) is 2.28. The fourth-order valence-electron chi connectivity index (χ4n) is 1.80. The Hall–Kier alpha value is -1.85. The molecular weight excluding hydrogens is 310 g/mol. The Kier molecular flexibility index (Phi) is 4.34. The van der Waals surface area contributed by atoms with Gasteiger partial charge in [-0.05, 0) is 42.8 Å². The third kappa shape index (κ3) is 4.06. The molecule has 0 atom stereocenters. The predicted molar refractivity (Wildman–Crippen MR) is 84.5 cm³/mol. The Morgan fingerprint density at radius 3 is 2.14 bits per heavy atom. The number of rotatable bonds is 4. The molecule has 0 unspecified atom stereocenters. The number of hydrogen-bond donors (Lipinski definition) is 1. The van der Waals surface area contributed by atoms with E-state index in [4.69, 9.17) is 11.6 Å². The van der Waals surface area contributed by atoms with Gasteiger partial charge in [0.05, 0.1) is 6.26 Å². The monoisotopic (exact) mass is 323 g/mol. The summed E-state index contributed by atoms with van der Waals surface area (Å²) < 4.78 is 24.6. The predicted octanol–water partition coefficient (Wildman–Crippen LogP) is 3.25. The van der Waals surface area contributed by atoms with E-state index in [2.05, 4.69) is 4.72 Å². The molecule has 0 aliphatic carbocycles. The van der Waals surface area contributed by atoms with Gasteiger partial charge in [0.1, 0.15) is 0 Å². The van der Waals surface area contributed by atoms with Crippen molar-refractivity contribution in [2.24, 2.45) is 0 Å². The second kappa shape index (κ2) is 5.87. The zero-order chi connectivity index (χ0) is 15.6. The van der Waals surface area contributed by atoms with Crippen molar-refractivity contribution in [3.8, 4) is 0 Å². The van der Waals surface area contributed by atoms with E-state index in [1.54, 1.807) is 42.5 Å². The molecule has 0 radical (unpaired) electrons. The molecule has 6 heteroatoms. The van der Waals surface area contributed by atoms with Gasteiger partial charge in [-0.1, -0.05) is 23.7 Å². The lowest BCUT2D eigenvalue weighted by Gasteiger charge is -2.06. The van der Waals surface area contributed by atoms with Crippen molar-refractivity contribution in [3.05, 3.63) is 64.2 Å². The summed E-state index contributed by atoms with van der Waals surface area (Å²) in [6.07, 6.45) is 1.07. The number of nitrogens with one attached hydrogen (secondary N) is 1. The quantitative estimate of drug-likeness (QED) is 0.878. The van der Waals surface area contributed by atoms with Crippen molar-refractivity contribution in [3.63, 3.8) is 0 Å². The average Bonchev–Trinajstić information content (AvgIpc) is 2.40. The van der Waals surface area contributed by atoms with Gasteiger partial charge in [-0.15, -0.1) is 0 Å². The van der Waals surface area contributed by atoms with Crippen LogP contribution in [0.4, 0.5) is 5.69 Å². The van der Waals surface area contributed by atoms with E-state index in [0.29, 0.717) is 21.8 Å². The van der Waals surface area contributed by atoms with Crippen LogP contribution in [0.15, 0.2) is 42.5 Å². The van der Waals surface area contributed by atoms with Gasteiger partial charge in [0.15, 0.2) is 5.78 Å². The van der Waals surface area contributed by atoms with Crippen molar-refractivity contribution in [2.45, 2.75) is 6.92 Å². The lowest BCUT2D eigenvalue weighted by atomic mass is 10.0. The molecule has 0 spiro atoms. The fraction of sp³-hybridized carbons (Fsp3) is 0.133. The summed E-state index contributed by atoms with van der Waals surface area (Å²) in [5, 5.41) is 0.538. The highest BCUT2D eigenvalue weighted by atomic mass is 35.5. The normalized spacial score (nSPS) is 11.2. The summed E-state index contributed by atoms with van der Waals surface area (Å²) in [7, 11) is -3.33. The maximum atomic E-state index is 12.3. The molecule has 0 aliphatic rings. The minimum Gasteiger partial charge on any atom is -0.289 e. The lowest BCUT2D eigenvalue weighted by molar-refractivity contribution is 0.103. The van der Waals surface area contributed by atoms with Crippen LogP contribution in [0.1, 0.15) is 21.5 Å². The van der Waals surface area contributed by atoms with Crippen molar-refractivity contribution < 1.29 is 13.2 Å². The van der Waals surface area contributed by atoms with Crippen LogP contribution in [0, 0.1) is 6.92 Å². The van der Waals surface area contributed by atoms with Gasteiger partial charge in [0.2, 0.25) is 10.0 Å². The van der Waals surface area contributed by atoms with Gasteiger partial charge in [-0.2, -0.15) is 0 Å². The molecule has 21 heavy (non-hydrogen) atoms. The SMILES string of the molecule is Cc1ccc(C(=O)c2ccc(NS(C)(=O)=O)cc2)cc1Cl. The molecule has 2 aromatic carbocycles. The first-order valence-corrected chi connectivity index (χ1v) is 8.42. The van der Waals surface area contributed by atoms with Gasteiger partial charge >= 0.3 is 0 Å².